The van der Waals surface area contributed by atoms with Crippen molar-refractivity contribution in [2.24, 2.45) is 0 Å². The van der Waals surface area contributed by atoms with Gasteiger partial charge in [0.1, 0.15) is 5.82 Å². The maximum absolute atomic E-state index is 12.8. The molecule has 0 spiro atoms. The van der Waals surface area contributed by atoms with E-state index in [2.05, 4.69) is 20.9 Å². The average Bonchev–Trinajstić information content (AvgIpc) is 2.73. The minimum absolute atomic E-state index is 0.313. The topological polar surface area (TPSA) is 52.0 Å². The summed E-state index contributed by atoms with van der Waals surface area (Å²) in [4.78, 5) is 5.09. The maximum Gasteiger partial charge on any atom is 0.210 e. The molecule has 0 unspecified atom stereocenters. The summed E-state index contributed by atoms with van der Waals surface area (Å²) in [5.41, 5.74) is 2.03. The first-order valence-corrected chi connectivity index (χ1v) is 8.31. The molecule has 6 heteroatoms. The second-order valence-electron chi connectivity index (χ2n) is 4.73. The van der Waals surface area contributed by atoms with Crippen molar-refractivity contribution in [1.82, 2.24) is 9.55 Å². The van der Waals surface area contributed by atoms with Crippen LogP contribution < -0.4 is 0 Å². The van der Waals surface area contributed by atoms with Crippen LogP contribution in [0.15, 0.2) is 50.7 Å². The molecule has 0 saturated carbocycles. The first-order chi connectivity index (χ1) is 9.50. The summed E-state index contributed by atoms with van der Waals surface area (Å²) in [6.45, 7) is 1.88. The number of aryl methyl sites for hydroxylation is 1. The van der Waals surface area contributed by atoms with E-state index in [9.17, 15) is 8.42 Å². The van der Waals surface area contributed by atoms with Crippen LogP contribution in [0.4, 0.5) is 0 Å². The average molecular weight is 349 g/mol. The number of benzene rings is 2. The summed E-state index contributed by atoms with van der Waals surface area (Å²) in [7, 11) is -3.51. The van der Waals surface area contributed by atoms with Crippen LogP contribution in [0.3, 0.4) is 0 Å². The van der Waals surface area contributed by atoms with Crippen LogP contribution in [0.1, 0.15) is 5.82 Å². The Hall–Kier alpha value is -1.66. The third-order valence-corrected chi connectivity index (χ3v) is 5.86. The number of imidazole rings is 1. The van der Waals surface area contributed by atoms with Gasteiger partial charge in [0.2, 0.25) is 9.84 Å². The molecule has 4 nitrogen and oxygen atoms in total. The number of halogens is 1. The highest BCUT2D eigenvalue weighted by Crippen LogP contribution is 2.39. The molecule has 20 heavy (non-hydrogen) atoms. The highest BCUT2D eigenvalue weighted by Gasteiger charge is 2.32. The van der Waals surface area contributed by atoms with E-state index in [1.165, 1.54) is 0 Å². The third kappa shape index (κ3) is 1.35. The molecule has 3 aromatic rings. The summed E-state index contributed by atoms with van der Waals surface area (Å²) in [6.07, 6.45) is 0. The number of fused-ring (bicyclic) bond motifs is 2. The molecule has 0 bridgehead atoms. The Morgan fingerprint density at radius 3 is 2.75 bits per heavy atom. The summed E-state index contributed by atoms with van der Waals surface area (Å²) in [5, 5.41) is 0. The largest absolute Gasteiger partial charge is 0.294 e. The van der Waals surface area contributed by atoms with E-state index in [0.717, 1.165) is 10.3 Å². The van der Waals surface area contributed by atoms with Gasteiger partial charge in [-0.1, -0.05) is 22.0 Å². The first kappa shape index (κ1) is 12.1. The van der Waals surface area contributed by atoms with Crippen LogP contribution in [0, 0.1) is 6.92 Å². The van der Waals surface area contributed by atoms with Gasteiger partial charge in [-0.05, 0) is 37.3 Å². The summed E-state index contributed by atoms with van der Waals surface area (Å²) < 4.78 is 28.2. The summed E-state index contributed by atoms with van der Waals surface area (Å²) >= 11 is 3.34. The van der Waals surface area contributed by atoms with E-state index in [4.69, 9.17) is 0 Å². The molecule has 0 fully saturated rings. The van der Waals surface area contributed by atoms with Crippen LogP contribution >= 0.6 is 15.9 Å². The third-order valence-electron chi connectivity index (χ3n) is 3.55. The van der Waals surface area contributed by atoms with Gasteiger partial charge in [0.25, 0.3) is 0 Å². The lowest BCUT2D eigenvalue weighted by Gasteiger charge is -2.20. The fourth-order valence-corrected chi connectivity index (χ4v) is 4.90. The van der Waals surface area contributed by atoms with E-state index >= 15 is 0 Å². The Bertz CT molecular complexity index is 990. The van der Waals surface area contributed by atoms with E-state index in [-0.39, 0.29) is 0 Å². The second kappa shape index (κ2) is 3.71. The molecule has 2 aromatic carbocycles. The summed E-state index contributed by atoms with van der Waals surface area (Å²) in [6, 6.07) is 10.5. The molecule has 2 heterocycles. The van der Waals surface area contributed by atoms with Crippen LogP contribution in [0.2, 0.25) is 0 Å². The quantitative estimate of drug-likeness (QED) is 0.490. The van der Waals surface area contributed by atoms with Gasteiger partial charge in [0.05, 0.1) is 26.5 Å². The number of aromatic nitrogens is 2. The van der Waals surface area contributed by atoms with Gasteiger partial charge < -0.3 is 0 Å². The van der Waals surface area contributed by atoms with Gasteiger partial charge in [0, 0.05) is 4.47 Å². The molecular weight excluding hydrogens is 340 g/mol. The van der Waals surface area contributed by atoms with Crippen molar-refractivity contribution in [1.29, 1.82) is 0 Å². The van der Waals surface area contributed by atoms with E-state index in [1.807, 2.05) is 23.6 Å². The van der Waals surface area contributed by atoms with Gasteiger partial charge in [-0.25, -0.2) is 13.4 Å². The van der Waals surface area contributed by atoms with Crippen molar-refractivity contribution in [3.8, 4) is 5.69 Å². The minimum atomic E-state index is -3.51. The zero-order valence-corrected chi connectivity index (χ0v) is 12.9. The van der Waals surface area contributed by atoms with Crippen LogP contribution in [0.5, 0.6) is 0 Å². The Labute approximate surface area is 124 Å². The zero-order valence-electron chi connectivity index (χ0n) is 10.5. The number of para-hydroxylation sites is 1. The van der Waals surface area contributed by atoms with Gasteiger partial charge in [-0.2, -0.15) is 0 Å². The van der Waals surface area contributed by atoms with Gasteiger partial charge in [-0.15, -0.1) is 0 Å². The molecule has 0 N–H and O–H groups in total. The van der Waals surface area contributed by atoms with Gasteiger partial charge in [-0.3, -0.25) is 4.57 Å². The smallest absolute Gasteiger partial charge is 0.210 e. The highest BCUT2D eigenvalue weighted by molar-refractivity contribution is 9.10. The Morgan fingerprint density at radius 1 is 1.15 bits per heavy atom. The van der Waals surface area contributed by atoms with E-state index in [1.54, 1.807) is 24.3 Å². The molecule has 1 aliphatic heterocycles. The van der Waals surface area contributed by atoms with E-state index < -0.39 is 9.84 Å². The molecule has 0 amide bonds. The monoisotopic (exact) mass is 348 g/mol. The molecular formula is C14H9BrN2O2S. The van der Waals surface area contributed by atoms with Crippen molar-refractivity contribution in [2.45, 2.75) is 16.7 Å². The van der Waals surface area contributed by atoms with Gasteiger partial charge in [0.15, 0.2) is 0 Å². The number of nitrogens with zero attached hydrogens (tertiary/aromatic N) is 2. The number of hydrogen-bond donors (Lipinski definition) is 0. The SMILES string of the molecule is Cc1nc2cccc3c2n1-c1ccc(Br)cc1S3(=O)=O. The Kier molecular flexibility index (Phi) is 2.24. The lowest BCUT2D eigenvalue weighted by molar-refractivity contribution is 0.594. The molecule has 0 atom stereocenters. The normalized spacial score (nSPS) is 15.3. The lowest BCUT2D eigenvalue weighted by atomic mass is 10.2. The number of hydrogen-bond acceptors (Lipinski definition) is 3. The first-order valence-electron chi connectivity index (χ1n) is 6.03. The predicted molar refractivity (Wildman–Crippen MR) is 79.0 cm³/mol. The van der Waals surface area contributed by atoms with E-state index in [0.29, 0.717) is 26.5 Å². The molecule has 0 saturated heterocycles. The Balaban J connectivity index is 2.33. The minimum Gasteiger partial charge on any atom is -0.294 e. The van der Waals surface area contributed by atoms with Crippen molar-refractivity contribution in [2.75, 3.05) is 0 Å². The standard InChI is InChI=1S/C14H9BrN2O2S/c1-8-16-10-3-2-4-12-14(10)17(8)11-6-5-9(15)7-13(11)20(12,18)19/h2-7H,1H3. The second-order valence-corrected chi connectivity index (χ2v) is 7.54. The number of sulfone groups is 1. The maximum atomic E-state index is 12.8. The summed E-state index contributed by atoms with van der Waals surface area (Å²) in [5.74, 6) is 0.783. The highest BCUT2D eigenvalue weighted by atomic mass is 79.9. The van der Waals surface area contributed by atoms with Crippen molar-refractivity contribution >= 4 is 36.8 Å². The molecule has 0 radical (unpaired) electrons. The Morgan fingerprint density at radius 2 is 1.95 bits per heavy atom. The fraction of sp³-hybridized carbons (Fsp3) is 0.0714. The molecule has 1 aliphatic rings. The van der Waals surface area contributed by atoms with Gasteiger partial charge >= 0.3 is 0 Å². The molecule has 4 rings (SSSR count). The van der Waals surface area contributed by atoms with Crippen molar-refractivity contribution in [3.63, 3.8) is 0 Å². The number of rotatable bonds is 0. The fourth-order valence-electron chi connectivity index (χ4n) is 2.73. The molecule has 0 aliphatic carbocycles. The van der Waals surface area contributed by atoms with Crippen molar-refractivity contribution < 1.29 is 8.42 Å². The van der Waals surface area contributed by atoms with Crippen LogP contribution in [-0.2, 0) is 9.84 Å². The zero-order chi connectivity index (χ0) is 14.1. The van der Waals surface area contributed by atoms with Crippen LogP contribution in [-0.4, -0.2) is 18.0 Å². The van der Waals surface area contributed by atoms with Crippen molar-refractivity contribution in [3.05, 3.63) is 46.7 Å². The predicted octanol–water partition coefficient (Wildman–Crippen LogP) is 3.24. The molecule has 1 aromatic heterocycles. The van der Waals surface area contributed by atoms with Crippen LogP contribution in [0.25, 0.3) is 16.7 Å². The molecule has 100 valence electrons. The lowest BCUT2D eigenvalue weighted by Crippen LogP contribution is -2.15.